The second-order valence-electron chi connectivity index (χ2n) is 7.17. The Hall–Kier alpha value is -3.47. The summed E-state index contributed by atoms with van der Waals surface area (Å²) < 4.78 is 0. The molecule has 28 heavy (non-hydrogen) atoms. The number of hydrogen-bond donors (Lipinski definition) is 2. The van der Waals surface area contributed by atoms with Gasteiger partial charge in [-0.25, -0.2) is 5.43 Å². The summed E-state index contributed by atoms with van der Waals surface area (Å²) in [4.78, 5) is 12.6. The molecule has 0 saturated heterocycles. The van der Waals surface area contributed by atoms with E-state index in [4.69, 9.17) is 0 Å². The molecule has 1 aliphatic rings. The SMILES string of the molecule is O=C(NN=Cc1c2ccccc2cc2ccccc12)c1n[nH]c2c1CCCC2. The first-order chi connectivity index (χ1) is 13.8. The van der Waals surface area contributed by atoms with Crippen LogP contribution in [-0.4, -0.2) is 22.3 Å². The van der Waals surface area contributed by atoms with E-state index >= 15 is 0 Å². The van der Waals surface area contributed by atoms with Crippen LogP contribution in [0.15, 0.2) is 59.7 Å². The first kappa shape index (κ1) is 16.7. The minimum Gasteiger partial charge on any atom is -0.281 e. The van der Waals surface area contributed by atoms with E-state index in [2.05, 4.69) is 51.1 Å². The van der Waals surface area contributed by atoms with E-state index < -0.39 is 0 Å². The molecule has 0 radical (unpaired) electrons. The van der Waals surface area contributed by atoms with Gasteiger partial charge >= 0.3 is 0 Å². The molecule has 0 atom stereocenters. The van der Waals surface area contributed by atoms with Crippen molar-refractivity contribution in [3.63, 3.8) is 0 Å². The third-order valence-electron chi connectivity index (χ3n) is 5.44. The molecular weight excluding hydrogens is 348 g/mol. The molecule has 5 rings (SSSR count). The summed E-state index contributed by atoms with van der Waals surface area (Å²) in [6.45, 7) is 0. The quantitative estimate of drug-likeness (QED) is 0.320. The fraction of sp³-hybridized carbons (Fsp3) is 0.174. The van der Waals surface area contributed by atoms with Crippen LogP contribution in [0.2, 0.25) is 0 Å². The van der Waals surface area contributed by atoms with Gasteiger partial charge in [-0.05, 0) is 53.3 Å². The van der Waals surface area contributed by atoms with Gasteiger partial charge in [0.1, 0.15) is 0 Å². The second-order valence-corrected chi connectivity index (χ2v) is 7.17. The second kappa shape index (κ2) is 6.93. The Morgan fingerprint density at radius 1 is 1.00 bits per heavy atom. The van der Waals surface area contributed by atoms with Crippen molar-refractivity contribution < 1.29 is 4.79 Å². The normalized spacial score (nSPS) is 13.9. The summed E-state index contributed by atoms with van der Waals surface area (Å²) in [6.07, 6.45) is 5.83. The molecule has 3 aromatic carbocycles. The number of nitrogens with one attached hydrogen (secondary N) is 2. The van der Waals surface area contributed by atoms with Crippen molar-refractivity contribution in [1.82, 2.24) is 15.6 Å². The van der Waals surface area contributed by atoms with Crippen LogP contribution >= 0.6 is 0 Å². The summed E-state index contributed by atoms with van der Waals surface area (Å²) >= 11 is 0. The summed E-state index contributed by atoms with van der Waals surface area (Å²) in [5.74, 6) is -0.264. The average molecular weight is 368 g/mol. The fourth-order valence-corrected chi connectivity index (χ4v) is 4.07. The summed E-state index contributed by atoms with van der Waals surface area (Å²) in [7, 11) is 0. The molecule has 1 aromatic heterocycles. The van der Waals surface area contributed by atoms with Crippen molar-refractivity contribution in [2.75, 3.05) is 0 Å². The third kappa shape index (κ3) is 2.85. The number of amides is 1. The lowest BCUT2D eigenvalue weighted by molar-refractivity contribution is 0.0949. The lowest BCUT2D eigenvalue weighted by Gasteiger charge is -2.10. The Morgan fingerprint density at radius 2 is 1.68 bits per heavy atom. The van der Waals surface area contributed by atoms with Gasteiger partial charge in [-0.2, -0.15) is 10.2 Å². The maximum Gasteiger partial charge on any atom is 0.292 e. The van der Waals surface area contributed by atoms with Crippen LogP contribution in [-0.2, 0) is 12.8 Å². The molecule has 5 nitrogen and oxygen atoms in total. The smallest absolute Gasteiger partial charge is 0.281 e. The van der Waals surface area contributed by atoms with Gasteiger partial charge in [0, 0.05) is 16.8 Å². The molecule has 2 N–H and O–H groups in total. The maximum absolute atomic E-state index is 12.6. The highest BCUT2D eigenvalue weighted by atomic mass is 16.2. The topological polar surface area (TPSA) is 70.1 Å². The van der Waals surface area contributed by atoms with Crippen LogP contribution in [0.4, 0.5) is 0 Å². The number of hydrogen-bond acceptors (Lipinski definition) is 3. The van der Waals surface area contributed by atoms with Crippen molar-refractivity contribution >= 4 is 33.7 Å². The minimum atomic E-state index is -0.264. The van der Waals surface area contributed by atoms with Gasteiger partial charge in [0.15, 0.2) is 5.69 Å². The highest BCUT2D eigenvalue weighted by molar-refractivity contribution is 6.13. The highest BCUT2D eigenvalue weighted by Gasteiger charge is 2.21. The number of nitrogens with zero attached hydrogens (tertiary/aromatic N) is 2. The molecule has 0 bridgehead atoms. The van der Waals surface area contributed by atoms with Gasteiger partial charge in [0.25, 0.3) is 5.91 Å². The number of carbonyl (C=O) groups is 1. The summed E-state index contributed by atoms with van der Waals surface area (Å²) in [5, 5.41) is 16.0. The Labute approximate surface area is 162 Å². The predicted octanol–water partition coefficient (Wildman–Crippen LogP) is 4.36. The van der Waals surface area contributed by atoms with E-state index in [1.54, 1.807) is 6.21 Å². The van der Waals surface area contributed by atoms with Crippen molar-refractivity contribution in [2.24, 2.45) is 5.10 Å². The molecular formula is C23H20N4O. The monoisotopic (exact) mass is 368 g/mol. The van der Waals surface area contributed by atoms with E-state index in [1.165, 1.54) is 0 Å². The van der Waals surface area contributed by atoms with Gasteiger partial charge in [-0.3, -0.25) is 9.89 Å². The van der Waals surface area contributed by atoms with Crippen LogP contribution in [0.3, 0.4) is 0 Å². The van der Waals surface area contributed by atoms with Crippen molar-refractivity contribution in [3.05, 3.63) is 77.1 Å². The van der Waals surface area contributed by atoms with E-state index in [-0.39, 0.29) is 5.91 Å². The number of hydrazone groups is 1. The number of rotatable bonds is 3. The van der Waals surface area contributed by atoms with Crippen LogP contribution in [0.1, 0.15) is 40.2 Å². The molecule has 0 spiro atoms. The van der Waals surface area contributed by atoms with Crippen molar-refractivity contribution in [2.45, 2.75) is 25.7 Å². The number of aryl methyl sites for hydroxylation is 1. The van der Waals surface area contributed by atoms with Crippen molar-refractivity contribution in [3.8, 4) is 0 Å². The first-order valence-corrected chi connectivity index (χ1v) is 9.61. The third-order valence-corrected chi connectivity index (χ3v) is 5.44. The zero-order valence-corrected chi connectivity index (χ0v) is 15.4. The number of aromatic nitrogens is 2. The average Bonchev–Trinajstić information content (AvgIpc) is 3.17. The molecule has 1 heterocycles. The van der Waals surface area contributed by atoms with Crippen LogP contribution in [0, 0.1) is 0 Å². The van der Waals surface area contributed by atoms with Gasteiger partial charge in [0.2, 0.25) is 0 Å². The largest absolute Gasteiger partial charge is 0.292 e. The van der Waals surface area contributed by atoms with Crippen LogP contribution in [0.5, 0.6) is 0 Å². The molecule has 5 heteroatoms. The highest BCUT2D eigenvalue weighted by Crippen LogP contribution is 2.27. The molecule has 0 unspecified atom stereocenters. The van der Waals surface area contributed by atoms with Crippen LogP contribution in [0.25, 0.3) is 21.5 Å². The lowest BCUT2D eigenvalue weighted by Crippen LogP contribution is -2.20. The lowest BCUT2D eigenvalue weighted by atomic mass is 9.96. The molecule has 1 aliphatic carbocycles. The van der Waals surface area contributed by atoms with Gasteiger partial charge in [-0.15, -0.1) is 0 Å². The number of benzene rings is 3. The van der Waals surface area contributed by atoms with E-state index in [0.717, 1.165) is 64.0 Å². The Bertz CT molecular complexity index is 1170. The number of H-pyrrole nitrogens is 1. The van der Waals surface area contributed by atoms with E-state index in [0.29, 0.717) is 5.69 Å². The van der Waals surface area contributed by atoms with Crippen LogP contribution < -0.4 is 5.43 Å². The number of carbonyl (C=O) groups excluding carboxylic acids is 1. The molecule has 138 valence electrons. The molecule has 0 fully saturated rings. The zero-order valence-electron chi connectivity index (χ0n) is 15.4. The Balaban J connectivity index is 1.48. The molecule has 0 aliphatic heterocycles. The van der Waals surface area contributed by atoms with Crippen molar-refractivity contribution in [1.29, 1.82) is 0 Å². The number of fused-ring (bicyclic) bond motifs is 3. The van der Waals surface area contributed by atoms with E-state index in [1.807, 2.05) is 24.3 Å². The maximum atomic E-state index is 12.6. The molecule has 0 saturated carbocycles. The van der Waals surface area contributed by atoms with Gasteiger partial charge in [-0.1, -0.05) is 48.5 Å². The zero-order chi connectivity index (χ0) is 18.9. The molecule has 4 aromatic rings. The summed E-state index contributed by atoms with van der Waals surface area (Å²) in [6, 6.07) is 18.6. The van der Waals surface area contributed by atoms with E-state index in [9.17, 15) is 4.79 Å². The minimum absolute atomic E-state index is 0.264. The fourth-order valence-electron chi connectivity index (χ4n) is 4.07. The standard InChI is InChI=1S/C23H20N4O/c28-23(22-19-11-5-6-12-21(19)25-26-22)27-24-14-20-17-9-3-1-7-15(17)13-16-8-2-4-10-18(16)20/h1-4,7-10,13-14H,5-6,11-12H2,(H,25,26)(H,27,28). The van der Waals surface area contributed by atoms with Gasteiger partial charge < -0.3 is 0 Å². The summed E-state index contributed by atoms with van der Waals surface area (Å²) in [5.41, 5.74) is 6.25. The predicted molar refractivity (Wildman–Crippen MR) is 112 cm³/mol. The number of aromatic amines is 1. The Kier molecular flexibility index (Phi) is 4.13. The Morgan fingerprint density at radius 3 is 2.43 bits per heavy atom. The van der Waals surface area contributed by atoms with Gasteiger partial charge in [0.05, 0.1) is 6.21 Å². The first-order valence-electron chi connectivity index (χ1n) is 9.61. The molecule has 1 amide bonds.